The van der Waals surface area contributed by atoms with Crippen molar-refractivity contribution >= 4 is 23.1 Å². The Morgan fingerprint density at radius 1 is 0.509 bits per heavy atom. The molecular formula is C53H30N4. The molecule has 0 saturated heterocycles. The Labute approximate surface area is 331 Å². The molecule has 1 aliphatic rings. The van der Waals surface area contributed by atoms with Gasteiger partial charge in [0.1, 0.15) is 0 Å². The van der Waals surface area contributed by atoms with E-state index >= 15 is 0 Å². The standard InChI is InChI=1S/C53H30N4/c54-35-36-29-45(33-46(30-36)57-51-23-9-7-21-47(51)48-22-8-10-24-52(48)57)43-19-11-17-41(31-43)42-18-12-20-44(32-42)50-34-49(55-53(56-50)40-15-5-2-6-16-40)39-27-25-38(26-28-39)37-13-3-1-4-14-37/h1-7,9,12-16,18-34H. The van der Waals surface area contributed by atoms with Crippen molar-refractivity contribution in [2.24, 2.45) is 0 Å². The molecule has 0 unspecified atom stereocenters. The summed E-state index contributed by atoms with van der Waals surface area (Å²) in [6, 6.07) is 66.8. The van der Waals surface area contributed by atoms with Gasteiger partial charge >= 0.3 is 0 Å². The highest BCUT2D eigenvalue weighted by atomic mass is 15.0. The van der Waals surface area contributed by atoms with Gasteiger partial charge in [-0.3, -0.25) is 0 Å². The van der Waals surface area contributed by atoms with Crippen LogP contribution in [0.5, 0.6) is 0 Å². The van der Waals surface area contributed by atoms with Crippen molar-refractivity contribution in [3.63, 3.8) is 0 Å². The minimum Gasteiger partial charge on any atom is -0.309 e. The molecule has 0 atom stereocenters. The average Bonchev–Trinajstić information content (AvgIpc) is 3.64. The third-order valence-electron chi connectivity index (χ3n) is 10.3. The second-order valence-electron chi connectivity index (χ2n) is 13.9. The lowest BCUT2D eigenvalue weighted by Gasteiger charge is -2.13. The molecule has 0 spiro atoms. The minimum absolute atomic E-state index is 0.569. The fourth-order valence-corrected chi connectivity index (χ4v) is 7.57. The van der Waals surface area contributed by atoms with E-state index in [2.05, 4.69) is 137 Å². The van der Waals surface area contributed by atoms with E-state index in [-0.39, 0.29) is 0 Å². The molecule has 9 aromatic rings. The molecule has 0 radical (unpaired) electrons. The van der Waals surface area contributed by atoms with Crippen LogP contribution in [-0.2, 0) is 0 Å². The summed E-state index contributed by atoms with van der Waals surface area (Å²) in [5, 5.41) is 11.3. The quantitative estimate of drug-likeness (QED) is 0.154. The molecule has 0 amide bonds. The van der Waals surface area contributed by atoms with Gasteiger partial charge in [-0.2, -0.15) is 5.26 Å². The van der Waals surface area contributed by atoms with Crippen molar-refractivity contribution in [2.75, 3.05) is 0 Å². The lowest BCUT2D eigenvalue weighted by Crippen LogP contribution is -1.99. The molecule has 0 saturated carbocycles. The highest BCUT2D eigenvalue weighted by molar-refractivity contribution is 5.96. The second-order valence-corrected chi connectivity index (χ2v) is 13.9. The van der Waals surface area contributed by atoms with Crippen LogP contribution in [0, 0.1) is 23.5 Å². The van der Waals surface area contributed by atoms with E-state index in [9.17, 15) is 5.26 Å². The van der Waals surface area contributed by atoms with Gasteiger partial charge in [-0.15, -0.1) is 0 Å². The van der Waals surface area contributed by atoms with Crippen LogP contribution in [0.2, 0.25) is 0 Å². The molecular weight excluding hydrogens is 693 g/mol. The van der Waals surface area contributed by atoms with Crippen LogP contribution >= 0.6 is 0 Å². The number of hydrogen-bond acceptors (Lipinski definition) is 3. The summed E-state index contributed by atoms with van der Waals surface area (Å²) in [5.41, 5.74) is 21.5. The third kappa shape index (κ3) is 6.33. The van der Waals surface area contributed by atoms with Crippen LogP contribution in [0.4, 0.5) is 0 Å². The molecule has 0 fully saturated rings. The number of nitriles is 1. The fourth-order valence-electron chi connectivity index (χ4n) is 7.57. The summed E-state index contributed by atoms with van der Waals surface area (Å²) >= 11 is 0. The summed E-state index contributed by atoms with van der Waals surface area (Å²) in [7, 11) is 0. The number of nitrogens with zero attached hydrogens (tertiary/aromatic N) is 4. The van der Waals surface area contributed by atoms with E-state index in [1.807, 2.05) is 78.9 Å². The number of para-hydroxylation sites is 1. The number of fused-ring (bicyclic) bond motifs is 3. The fraction of sp³-hybridized carbons (Fsp3) is 0. The van der Waals surface area contributed by atoms with Gasteiger partial charge < -0.3 is 4.57 Å². The van der Waals surface area contributed by atoms with Crippen molar-refractivity contribution in [1.82, 2.24) is 14.5 Å². The van der Waals surface area contributed by atoms with Crippen LogP contribution in [-0.4, -0.2) is 14.5 Å². The lowest BCUT2D eigenvalue weighted by atomic mass is 9.97. The zero-order chi connectivity index (χ0) is 38.1. The molecule has 0 aliphatic heterocycles. The highest BCUT2D eigenvalue weighted by Crippen LogP contribution is 2.36. The van der Waals surface area contributed by atoms with E-state index in [1.165, 1.54) is 5.56 Å². The molecule has 0 bridgehead atoms. The van der Waals surface area contributed by atoms with Crippen LogP contribution in [0.25, 0.3) is 96.0 Å². The van der Waals surface area contributed by atoms with Crippen LogP contribution in [0.1, 0.15) is 16.8 Å². The normalized spacial score (nSPS) is 11.3. The first-order valence-corrected chi connectivity index (χ1v) is 18.7. The summed E-state index contributed by atoms with van der Waals surface area (Å²) in [6.07, 6.45) is 3.93. The molecule has 4 nitrogen and oxygen atoms in total. The van der Waals surface area contributed by atoms with Gasteiger partial charge in [0.2, 0.25) is 0 Å². The van der Waals surface area contributed by atoms with Gasteiger partial charge in [-0.1, -0.05) is 145 Å². The van der Waals surface area contributed by atoms with Crippen molar-refractivity contribution in [2.45, 2.75) is 0 Å². The van der Waals surface area contributed by atoms with E-state index in [1.54, 1.807) is 0 Å². The molecule has 262 valence electrons. The topological polar surface area (TPSA) is 54.5 Å². The third-order valence-corrected chi connectivity index (χ3v) is 10.3. The Kier molecular flexibility index (Phi) is 8.31. The predicted octanol–water partition coefficient (Wildman–Crippen LogP) is 12.7. The largest absolute Gasteiger partial charge is 0.309 e. The van der Waals surface area contributed by atoms with Crippen LogP contribution in [0.15, 0.2) is 181 Å². The van der Waals surface area contributed by atoms with Gasteiger partial charge in [-0.05, 0) is 82.4 Å². The monoisotopic (exact) mass is 722 g/mol. The second kappa shape index (κ2) is 14.2. The SMILES string of the molecule is N#Cc1cc(-c2cc#cc(-c3cccc(-c4cc(-c5ccc(-c6ccccc6)cc5)nc(-c5ccccc5)n4)c3)c2)cc(-n2c3c(c4ccccc42)C=C=C=C3)c1. The van der Waals surface area contributed by atoms with Gasteiger partial charge in [-0.25, -0.2) is 9.97 Å². The van der Waals surface area contributed by atoms with Gasteiger partial charge in [0, 0.05) is 45.0 Å². The summed E-state index contributed by atoms with van der Waals surface area (Å²) in [4.78, 5) is 10.1. The molecule has 2 heterocycles. The van der Waals surface area contributed by atoms with Gasteiger partial charge in [0.15, 0.2) is 5.82 Å². The van der Waals surface area contributed by atoms with Crippen molar-refractivity contribution in [3.05, 3.63) is 210 Å². The number of hydrogen-bond donors (Lipinski definition) is 0. The Morgan fingerprint density at radius 3 is 1.98 bits per heavy atom. The first-order valence-electron chi connectivity index (χ1n) is 18.7. The Balaban J connectivity index is 1.04. The minimum atomic E-state index is 0.569. The van der Waals surface area contributed by atoms with Gasteiger partial charge in [0.05, 0.1) is 34.2 Å². The zero-order valence-corrected chi connectivity index (χ0v) is 30.6. The molecule has 1 aliphatic carbocycles. The molecule has 7 aromatic carbocycles. The summed E-state index contributed by atoms with van der Waals surface area (Å²) in [5.74, 6) is 0.662. The average molecular weight is 723 g/mol. The Hall–Kier alpha value is -8.23. The summed E-state index contributed by atoms with van der Waals surface area (Å²) < 4.78 is 2.19. The molecule has 10 rings (SSSR count). The maximum absolute atomic E-state index is 10.2. The number of aromatic nitrogens is 3. The van der Waals surface area contributed by atoms with Gasteiger partial charge in [0.25, 0.3) is 0 Å². The molecule has 0 N–H and O–H groups in total. The van der Waals surface area contributed by atoms with Crippen molar-refractivity contribution in [1.29, 1.82) is 5.26 Å². The number of benzene rings is 6. The first-order chi connectivity index (χ1) is 28.2. The van der Waals surface area contributed by atoms with E-state index in [0.717, 1.165) is 83.7 Å². The number of rotatable bonds is 7. The van der Waals surface area contributed by atoms with Crippen LogP contribution < -0.4 is 0 Å². The van der Waals surface area contributed by atoms with Crippen LogP contribution in [0.3, 0.4) is 0 Å². The molecule has 4 heteroatoms. The van der Waals surface area contributed by atoms with E-state index in [0.29, 0.717) is 11.4 Å². The van der Waals surface area contributed by atoms with E-state index < -0.39 is 0 Å². The smallest absolute Gasteiger partial charge is 0.160 e. The first kappa shape index (κ1) is 33.3. The highest BCUT2D eigenvalue weighted by Gasteiger charge is 2.18. The summed E-state index contributed by atoms with van der Waals surface area (Å²) in [6.45, 7) is 0. The maximum atomic E-state index is 10.2. The Morgan fingerprint density at radius 2 is 1.18 bits per heavy atom. The van der Waals surface area contributed by atoms with Crippen molar-refractivity contribution in [3.8, 4) is 79.0 Å². The molecule has 2 aromatic heterocycles. The predicted molar refractivity (Wildman–Crippen MR) is 230 cm³/mol. The van der Waals surface area contributed by atoms with Crippen molar-refractivity contribution < 1.29 is 0 Å². The zero-order valence-electron chi connectivity index (χ0n) is 30.6. The maximum Gasteiger partial charge on any atom is 0.160 e. The lowest BCUT2D eigenvalue weighted by molar-refractivity contribution is 1.10. The Bertz CT molecular complexity index is 3130. The van der Waals surface area contributed by atoms with E-state index in [4.69, 9.17) is 9.97 Å². The molecule has 57 heavy (non-hydrogen) atoms.